The summed E-state index contributed by atoms with van der Waals surface area (Å²) in [6.07, 6.45) is 3.86. The Hall–Kier alpha value is -2.42. The number of aryl methyl sites for hydroxylation is 1. The minimum atomic E-state index is -0.407. The van der Waals surface area contributed by atoms with Gasteiger partial charge in [0.05, 0.1) is 18.1 Å². The smallest absolute Gasteiger partial charge is 0.116 e. The number of benzene rings is 2. The minimum Gasteiger partial charge on any atom is -0.508 e. The van der Waals surface area contributed by atoms with E-state index in [-0.39, 0.29) is 35.6 Å². The Bertz CT molecular complexity index is 1060. The van der Waals surface area contributed by atoms with Crippen molar-refractivity contribution in [2.75, 3.05) is 5.43 Å². The van der Waals surface area contributed by atoms with Gasteiger partial charge in [0.15, 0.2) is 0 Å². The first-order valence-electron chi connectivity index (χ1n) is 10.5. The first kappa shape index (κ1) is 9.66. The highest BCUT2D eigenvalue weighted by atomic mass is 16.3. The van der Waals surface area contributed by atoms with E-state index in [0.29, 0.717) is 5.92 Å². The summed E-state index contributed by atoms with van der Waals surface area (Å²) >= 11 is 0. The Labute approximate surface area is 143 Å². The second-order valence-corrected chi connectivity index (χ2v) is 6.09. The molecular formula is C20H22N2O. The van der Waals surface area contributed by atoms with Gasteiger partial charge in [-0.1, -0.05) is 31.5 Å². The first-order valence-corrected chi connectivity index (χ1v) is 8.02. The number of phenols is 1. The molecule has 4 rings (SSSR count). The van der Waals surface area contributed by atoms with E-state index < -0.39 is 6.04 Å². The fourth-order valence-electron chi connectivity index (χ4n) is 3.51. The van der Waals surface area contributed by atoms with Crippen molar-refractivity contribution in [3.8, 4) is 5.75 Å². The predicted octanol–water partition coefficient (Wildman–Crippen LogP) is 4.74. The number of rotatable bonds is 3. The first-order chi connectivity index (χ1) is 13.3. The Morgan fingerprint density at radius 1 is 1.30 bits per heavy atom. The van der Waals surface area contributed by atoms with Crippen LogP contribution in [-0.2, 0) is 12.8 Å². The Morgan fingerprint density at radius 2 is 2.13 bits per heavy atom. The van der Waals surface area contributed by atoms with Gasteiger partial charge in [-0.05, 0) is 61.0 Å². The van der Waals surface area contributed by atoms with Crippen LogP contribution >= 0.6 is 0 Å². The summed E-state index contributed by atoms with van der Waals surface area (Å²) < 4.78 is 41.9. The van der Waals surface area contributed by atoms with Gasteiger partial charge in [0, 0.05) is 11.1 Å². The SMILES string of the molecule is [2H]c1c([2H])c([2H])c(Nn2c3c(c4cc(O)ccc42)CCC(CC)C3)c([2H])c1[2H]. The van der Waals surface area contributed by atoms with Crippen LogP contribution in [0.3, 0.4) is 0 Å². The summed E-state index contributed by atoms with van der Waals surface area (Å²) in [6.45, 7) is 2.16. The monoisotopic (exact) mass is 311 g/mol. The molecule has 3 nitrogen and oxygen atoms in total. The van der Waals surface area contributed by atoms with Crippen molar-refractivity contribution in [1.82, 2.24) is 4.68 Å². The molecule has 0 saturated heterocycles. The van der Waals surface area contributed by atoms with Gasteiger partial charge in [0.2, 0.25) is 0 Å². The number of hydrogen-bond donors (Lipinski definition) is 2. The van der Waals surface area contributed by atoms with E-state index in [2.05, 4.69) is 12.3 Å². The zero-order valence-corrected chi connectivity index (χ0v) is 13.0. The number of hydrogen-bond acceptors (Lipinski definition) is 2. The molecule has 0 spiro atoms. The largest absolute Gasteiger partial charge is 0.508 e. The summed E-state index contributed by atoms with van der Waals surface area (Å²) in [5, 5.41) is 10.9. The highest BCUT2D eigenvalue weighted by Crippen LogP contribution is 2.36. The summed E-state index contributed by atoms with van der Waals surface area (Å²) in [7, 11) is 0. The molecule has 1 aliphatic carbocycles. The van der Waals surface area contributed by atoms with E-state index in [1.165, 1.54) is 0 Å². The lowest BCUT2D eigenvalue weighted by Gasteiger charge is -2.23. The molecule has 3 aromatic rings. The fraction of sp³-hybridized carbons (Fsp3) is 0.300. The number of nitrogens with one attached hydrogen (secondary N) is 1. The molecular weight excluding hydrogens is 284 g/mol. The van der Waals surface area contributed by atoms with Gasteiger partial charge in [0.1, 0.15) is 5.75 Å². The summed E-state index contributed by atoms with van der Waals surface area (Å²) in [4.78, 5) is 0. The molecule has 2 N–H and O–H groups in total. The number of phenolic OH excluding ortho intramolecular Hbond substituents is 1. The van der Waals surface area contributed by atoms with E-state index in [4.69, 9.17) is 6.85 Å². The molecule has 1 aromatic heterocycles. The second kappa shape index (κ2) is 5.65. The van der Waals surface area contributed by atoms with Crippen molar-refractivity contribution in [3.63, 3.8) is 0 Å². The molecule has 0 bridgehead atoms. The highest BCUT2D eigenvalue weighted by Gasteiger charge is 2.25. The van der Waals surface area contributed by atoms with Crippen LogP contribution < -0.4 is 5.43 Å². The third-order valence-electron chi connectivity index (χ3n) is 4.75. The third-order valence-corrected chi connectivity index (χ3v) is 4.75. The molecule has 0 saturated carbocycles. The van der Waals surface area contributed by atoms with Gasteiger partial charge in [-0.15, -0.1) is 0 Å². The van der Waals surface area contributed by atoms with Crippen LogP contribution in [0.5, 0.6) is 5.75 Å². The zero-order valence-electron chi connectivity index (χ0n) is 18.0. The van der Waals surface area contributed by atoms with Gasteiger partial charge in [-0.3, -0.25) is 10.1 Å². The average molecular weight is 311 g/mol. The second-order valence-electron chi connectivity index (χ2n) is 6.09. The topological polar surface area (TPSA) is 37.2 Å². The molecule has 0 amide bonds. The molecule has 118 valence electrons. The summed E-state index contributed by atoms with van der Waals surface area (Å²) in [5.74, 6) is 0.721. The number of nitrogens with zero attached hydrogens (tertiary/aromatic N) is 1. The van der Waals surface area contributed by atoms with Crippen LogP contribution in [-0.4, -0.2) is 9.78 Å². The molecule has 2 aromatic carbocycles. The maximum Gasteiger partial charge on any atom is 0.116 e. The van der Waals surface area contributed by atoms with Crippen LogP contribution in [0.25, 0.3) is 10.9 Å². The van der Waals surface area contributed by atoms with Crippen LogP contribution in [0.15, 0.2) is 48.4 Å². The van der Waals surface area contributed by atoms with Crippen molar-refractivity contribution >= 4 is 16.6 Å². The van der Waals surface area contributed by atoms with Crippen LogP contribution in [0.2, 0.25) is 0 Å². The third kappa shape index (κ3) is 2.46. The number of aromatic nitrogens is 1. The predicted molar refractivity (Wildman–Crippen MR) is 94.9 cm³/mol. The van der Waals surface area contributed by atoms with Crippen LogP contribution in [0.1, 0.15) is 37.9 Å². The quantitative estimate of drug-likeness (QED) is 0.733. The lowest BCUT2D eigenvalue weighted by atomic mass is 9.85. The van der Waals surface area contributed by atoms with Gasteiger partial charge in [0.25, 0.3) is 0 Å². The van der Waals surface area contributed by atoms with Crippen molar-refractivity contribution < 1.29 is 12.0 Å². The molecule has 23 heavy (non-hydrogen) atoms. The van der Waals surface area contributed by atoms with E-state index in [0.717, 1.165) is 47.8 Å². The zero-order chi connectivity index (χ0) is 20.2. The standard InChI is InChI=1S/C20H22N2O/c1-2-14-8-10-17-18-13-16(23)9-11-19(18)22(20(17)12-14)21-15-6-4-3-5-7-15/h3-7,9,11,13-14,21,23H,2,8,10,12H2,1H3/i3D,4D,5D,6D,7D. The number of aromatic hydroxyl groups is 1. The van der Waals surface area contributed by atoms with E-state index >= 15 is 0 Å². The Kier molecular flexibility index (Phi) is 2.37. The maximum atomic E-state index is 9.96. The highest BCUT2D eigenvalue weighted by molar-refractivity contribution is 5.87. The average Bonchev–Trinajstić information content (AvgIpc) is 3.00. The molecule has 0 aliphatic heterocycles. The maximum absolute atomic E-state index is 9.96. The normalized spacial score (nSPS) is 20.2. The number of anilines is 1. The molecule has 0 fully saturated rings. The van der Waals surface area contributed by atoms with Crippen molar-refractivity contribution in [2.24, 2.45) is 5.92 Å². The van der Waals surface area contributed by atoms with E-state index in [9.17, 15) is 5.11 Å². The van der Waals surface area contributed by atoms with Crippen molar-refractivity contribution in [1.29, 1.82) is 0 Å². The summed E-state index contributed by atoms with van der Waals surface area (Å²) in [6, 6.07) is 3.48. The van der Waals surface area contributed by atoms with Gasteiger partial charge in [-0.25, -0.2) is 0 Å². The number of para-hydroxylation sites is 1. The molecule has 1 aliphatic rings. The molecule has 1 atom stereocenters. The van der Waals surface area contributed by atoms with Crippen LogP contribution in [0.4, 0.5) is 5.69 Å². The molecule has 0 radical (unpaired) electrons. The van der Waals surface area contributed by atoms with Gasteiger partial charge < -0.3 is 5.11 Å². The lowest BCUT2D eigenvalue weighted by molar-refractivity contribution is 0.436. The van der Waals surface area contributed by atoms with Crippen LogP contribution in [0, 0.1) is 5.92 Å². The van der Waals surface area contributed by atoms with Gasteiger partial charge >= 0.3 is 0 Å². The Balaban J connectivity index is 1.93. The van der Waals surface area contributed by atoms with E-state index in [1.807, 2.05) is 4.68 Å². The molecule has 3 heteroatoms. The fourth-order valence-corrected chi connectivity index (χ4v) is 3.51. The van der Waals surface area contributed by atoms with Gasteiger partial charge in [-0.2, -0.15) is 0 Å². The summed E-state index contributed by atoms with van der Waals surface area (Å²) in [5.41, 5.74) is 6.18. The van der Waals surface area contributed by atoms with E-state index in [1.54, 1.807) is 18.2 Å². The Morgan fingerprint density at radius 3 is 2.91 bits per heavy atom. The minimum absolute atomic E-state index is 0.0531. The van der Waals surface area contributed by atoms with Crippen molar-refractivity contribution in [2.45, 2.75) is 32.6 Å². The molecule has 1 unspecified atom stereocenters. The number of fused-ring (bicyclic) bond motifs is 3. The molecule has 1 heterocycles. The lowest BCUT2D eigenvalue weighted by Crippen LogP contribution is -2.19. The van der Waals surface area contributed by atoms with Crippen molar-refractivity contribution in [3.05, 3.63) is 59.7 Å².